The zero-order valence-electron chi connectivity index (χ0n) is 15.8. The molecule has 0 spiro atoms. The highest BCUT2D eigenvalue weighted by Crippen LogP contribution is 2.21. The summed E-state index contributed by atoms with van der Waals surface area (Å²) in [4.78, 5) is 23.9. The highest BCUT2D eigenvalue weighted by molar-refractivity contribution is 5.76. The third-order valence-electron chi connectivity index (χ3n) is 4.49. The van der Waals surface area contributed by atoms with Crippen LogP contribution in [0.5, 0.6) is 0 Å². The Labute approximate surface area is 163 Å². The Morgan fingerprint density at radius 3 is 2.64 bits per heavy atom. The number of nitrogens with zero attached hydrogens (tertiary/aromatic N) is 2. The fourth-order valence-electron chi connectivity index (χ4n) is 3.10. The van der Waals surface area contributed by atoms with Crippen molar-refractivity contribution >= 4 is 17.4 Å². The molecule has 0 radical (unpaired) electrons. The zero-order valence-corrected chi connectivity index (χ0v) is 15.8. The molecule has 6 nitrogen and oxygen atoms in total. The van der Waals surface area contributed by atoms with Crippen molar-refractivity contribution in [2.24, 2.45) is 0 Å². The maximum Gasteiger partial charge on any atom is 0.308 e. The molecule has 1 amide bonds. The smallest absolute Gasteiger partial charge is 0.308 e. The molecule has 0 aliphatic rings. The van der Waals surface area contributed by atoms with Crippen LogP contribution in [0.2, 0.25) is 0 Å². The third-order valence-corrected chi connectivity index (χ3v) is 4.49. The van der Waals surface area contributed by atoms with Crippen LogP contribution in [0.25, 0.3) is 5.52 Å². The molecule has 0 bridgehead atoms. The molecule has 0 aliphatic carbocycles. The van der Waals surface area contributed by atoms with Gasteiger partial charge in [-0.05, 0) is 24.6 Å². The highest BCUT2D eigenvalue weighted by Gasteiger charge is 2.19. The summed E-state index contributed by atoms with van der Waals surface area (Å²) >= 11 is 0. The lowest BCUT2D eigenvalue weighted by molar-refractivity contribution is -0.145. The van der Waals surface area contributed by atoms with Gasteiger partial charge in [0, 0.05) is 24.9 Å². The molecule has 0 unspecified atom stereocenters. The second-order valence-corrected chi connectivity index (χ2v) is 6.66. The molecule has 1 atom stereocenters. The minimum absolute atomic E-state index is 0.00406. The molecule has 28 heavy (non-hydrogen) atoms. The largest absolute Gasteiger partial charge is 0.461 e. The minimum Gasteiger partial charge on any atom is -0.461 e. The highest BCUT2D eigenvalue weighted by atomic mass is 16.5. The second kappa shape index (κ2) is 8.40. The number of nitriles is 1. The Kier molecular flexibility index (Phi) is 5.75. The van der Waals surface area contributed by atoms with Crippen molar-refractivity contribution in [2.75, 3.05) is 0 Å². The standard InChI is InChI=1S/C22H21N3O3/c1-15-6-8-17(9-7-15)20(24-16(2)26)11-22(27)28-14-18-13-25-10-4-3-5-21(25)19(18)12-23/h3-10,13,20H,11,14H2,1-2H3,(H,24,26)/t20-/m0/s1. The SMILES string of the molecule is CC(=O)N[C@@H](CC(=O)OCc1cn2ccccc2c1C#N)c1ccc(C)cc1. The molecule has 3 rings (SSSR count). The summed E-state index contributed by atoms with van der Waals surface area (Å²) in [6, 6.07) is 14.9. The molecule has 0 saturated heterocycles. The zero-order chi connectivity index (χ0) is 20.1. The first-order chi connectivity index (χ1) is 13.5. The lowest BCUT2D eigenvalue weighted by Crippen LogP contribution is -2.28. The minimum atomic E-state index is -0.464. The predicted molar refractivity (Wildman–Crippen MR) is 104 cm³/mol. The Balaban J connectivity index is 1.70. The van der Waals surface area contributed by atoms with Gasteiger partial charge in [0.25, 0.3) is 0 Å². The van der Waals surface area contributed by atoms with Gasteiger partial charge in [-0.25, -0.2) is 0 Å². The number of carbonyl (C=O) groups excluding carboxylic acids is 2. The van der Waals surface area contributed by atoms with Crippen LogP contribution in [-0.2, 0) is 20.9 Å². The number of ether oxygens (including phenoxy) is 1. The first-order valence-electron chi connectivity index (χ1n) is 8.96. The Hall–Kier alpha value is -3.59. The number of rotatable bonds is 6. The van der Waals surface area contributed by atoms with Gasteiger partial charge in [0.15, 0.2) is 0 Å². The van der Waals surface area contributed by atoms with Crippen molar-refractivity contribution in [2.45, 2.75) is 32.9 Å². The van der Waals surface area contributed by atoms with Gasteiger partial charge in [0.1, 0.15) is 12.7 Å². The van der Waals surface area contributed by atoms with E-state index in [-0.39, 0.29) is 18.9 Å². The maximum atomic E-state index is 12.4. The van der Waals surface area contributed by atoms with E-state index in [0.29, 0.717) is 11.1 Å². The number of aromatic nitrogens is 1. The molecule has 0 aliphatic heterocycles. The number of nitrogens with one attached hydrogen (secondary N) is 1. The van der Waals surface area contributed by atoms with E-state index in [4.69, 9.17) is 4.74 Å². The van der Waals surface area contributed by atoms with Gasteiger partial charge in [-0.2, -0.15) is 5.26 Å². The molecule has 1 aromatic carbocycles. The summed E-state index contributed by atoms with van der Waals surface area (Å²) in [6.07, 6.45) is 3.63. The van der Waals surface area contributed by atoms with Crippen molar-refractivity contribution in [1.29, 1.82) is 5.26 Å². The molecule has 3 aromatic rings. The van der Waals surface area contributed by atoms with Crippen LogP contribution in [0.4, 0.5) is 0 Å². The summed E-state index contributed by atoms with van der Waals surface area (Å²) in [5.74, 6) is -0.665. The number of amides is 1. The molecular formula is C22H21N3O3. The lowest BCUT2D eigenvalue weighted by atomic mass is 10.0. The molecule has 2 aromatic heterocycles. The van der Waals surface area contributed by atoms with Gasteiger partial charge >= 0.3 is 5.97 Å². The average molecular weight is 375 g/mol. The second-order valence-electron chi connectivity index (χ2n) is 6.66. The van der Waals surface area contributed by atoms with E-state index in [1.54, 1.807) is 6.20 Å². The first kappa shape index (κ1) is 19.2. The van der Waals surface area contributed by atoms with Gasteiger partial charge in [-0.15, -0.1) is 0 Å². The molecule has 2 heterocycles. The molecule has 0 saturated carbocycles. The number of aryl methyl sites for hydroxylation is 1. The van der Waals surface area contributed by atoms with Gasteiger partial charge in [0.05, 0.1) is 23.5 Å². The Morgan fingerprint density at radius 1 is 1.21 bits per heavy atom. The monoisotopic (exact) mass is 375 g/mol. The van der Waals surface area contributed by atoms with Crippen molar-refractivity contribution < 1.29 is 14.3 Å². The molecule has 142 valence electrons. The third kappa shape index (κ3) is 4.38. The quantitative estimate of drug-likeness (QED) is 0.669. The average Bonchev–Trinajstić information content (AvgIpc) is 3.03. The van der Waals surface area contributed by atoms with E-state index in [2.05, 4.69) is 11.4 Å². The summed E-state index contributed by atoms with van der Waals surface area (Å²) in [6.45, 7) is 3.39. The number of fused-ring (bicyclic) bond motifs is 1. The van der Waals surface area contributed by atoms with E-state index in [1.807, 2.05) is 60.0 Å². The number of hydrogen-bond donors (Lipinski definition) is 1. The number of carbonyl (C=O) groups is 2. The number of pyridine rings is 1. The fourth-order valence-corrected chi connectivity index (χ4v) is 3.10. The normalized spacial score (nSPS) is 11.6. The van der Waals surface area contributed by atoms with Crippen LogP contribution in [-0.4, -0.2) is 16.3 Å². The van der Waals surface area contributed by atoms with Crippen LogP contribution in [0, 0.1) is 18.3 Å². The van der Waals surface area contributed by atoms with Gasteiger partial charge < -0.3 is 14.5 Å². The maximum absolute atomic E-state index is 12.4. The van der Waals surface area contributed by atoms with Crippen molar-refractivity contribution in [3.05, 3.63) is 77.1 Å². The summed E-state index contributed by atoms with van der Waals surface area (Å²) in [5.41, 5.74) is 3.84. The summed E-state index contributed by atoms with van der Waals surface area (Å²) < 4.78 is 7.23. The van der Waals surface area contributed by atoms with Gasteiger partial charge in [-0.1, -0.05) is 35.9 Å². The number of hydrogen-bond acceptors (Lipinski definition) is 4. The van der Waals surface area contributed by atoms with Crippen molar-refractivity contribution in [3.63, 3.8) is 0 Å². The summed E-state index contributed by atoms with van der Waals surface area (Å²) in [7, 11) is 0. The van der Waals surface area contributed by atoms with Crippen LogP contribution >= 0.6 is 0 Å². The van der Waals surface area contributed by atoms with E-state index in [9.17, 15) is 14.9 Å². The number of esters is 1. The molecule has 1 N–H and O–H groups in total. The van der Waals surface area contributed by atoms with Gasteiger partial charge in [0.2, 0.25) is 5.91 Å². The fraction of sp³-hybridized carbons (Fsp3) is 0.227. The molecule has 0 fully saturated rings. The lowest BCUT2D eigenvalue weighted by Gasteiger charge is -2.18. The van der Waals surface area contributed by atoms with Crippen LogP contribution in [0.3, 0.4) is 0 Å². The van der Waals surface area contributed by atoms with Crippen LogP contribution < -0.4 is 5.32 Å². The molecular weight excluding hydrogens is 354 g/mol. The van der Waals surface area contributed by atoms with Crippen molar-refractivity contribution in [1.82, 2.24) is 9.72 Å². The van der Waals surface area contributed by atoms with Crippen molar-refractivity contribution in [3.8, 4) is 6.07 Å². The Morgan fingerprint density at radius 2 is 1.96 bits per heavy atom. The van der Waals surface area contributed by atoms with Crippen LogP contribution in [0.15, 0.2) is 54.9 Å². The molecule has 6 heteroatoms. The topological polar surface area (TPSA) is 83.6 Å². The van der Waals surface area contributed by atoms with E-state index < -0.39 is 12.0 Å². The summed E-state index contributed by atoms with van der Waals surface area (Å²) in [5, 5.41) is 12.2. The van der Waals surface area contributed by atoms with Crippen LogP contribution in [0.1, 0.15) is 41.6 Å². The predicted octanol–water partition coefficient (Wildman–Crippen LogP) is 3.43. The van der Waals surface area contributed by atoms with E-state index >= 15 is 0 Å². The number of benzene rings is 1. The Bertz CT molecular complexity index is 1050. The first-order valence-corrected chi connectivity index (χ1v) is 8.96. The van der Waals surface area contributed by atoms with E-state index in [1.165, 1.54) is 6.92 Å². The van der Waals surface area contributed by atoms with Gasteiger partial charge in [-0.3, -0.25) is 9.59 Å². The van der Waals surface area contributed by atoms with E-state index in [0.717, 1.165) is 16.6 Å².